The highest BCUT2D eigenvalue weighted by atomic mass is 16.5. The summed E-state index contributed by atoms with van der Waals surface area (Å²) in [6.45, 7) is 4.07. The van der Waals surface area contributed by atoms with E-state index in [1.54, 1.807) is 23.0 Å². The van der Waals surface area contributed by atoms with E-state index in [0.29, 0.717) is 18.4 Å². The summed E-state index contributed by atoms with van der Waals surface area (Å²) in [4.78, 5) is 24.0. The van der Waals surface area contributed by atoms with Gasteiger partial charge in [0.2, 0.25) is 0 Å². The quantitative estimate of drug-likeness (QED) is 0.369. The van der Waals surface area contributed by atoms with E-state index in [9.17, 15) is 9.59 Å². The van der Waals surface area contributed by atoms with Gasteiger partial charge in [-0.1, -0.05) is 12.1 Å². The second kappa shape index (κ2) is 10.2. The Kier molecular flexibility index (Phi) is 6.87. The van der Waals surface area contributed by atoms with Crippen LogP contribution in [0.2, 0.25) is 0 Å². The number of aromatic nitrogens is 4. The fourth-order valence-electron chi connectivity index (χ4n) is 3.75. The molecule has 0 saturated heterocycles. The van der Waals surface area contributed by atoms with Gasteiger partial charge in [-0.05, 0) is 73.9 Å². The lowest BCUT2D eigenvalue weighted by Crippen LogP contribution is -2.06. The van der Waals surface area contributed by atoms with Crippen LogP contribution in [-0.4, -0.2) is 38.6 Å². The van der Waals surface area contributed by atoms with E-state index in [4.69, 9.17) is 9.47 Å². The Morgan fingerprint density at radius 1 is 0.971 bits per heavy atom. The van der Waals surface area contributed by atoms with Crippen LogP contribution in [0.25, 0.3) is 11.4 Å². The van der Waals surface area contributed by atoms with Gasteiger partial charge in [-0.15, -0.1) is 0 Å². The first-order chi connectivity index (χ1) is 16.5. The molecule has 8 heteroatoms. The Hall–Kier alpha value is -4.20. The summed E-state index contributed by atoms with van der Waals surface area (Å²) in [5.74, 6) is -0.641. The lowest BCUT2D eigenvalue weighted by Gasteiger charge is -2.08. The largest absolute Gasteiger partial charge is 0.469 e. The molecular weight excluding hydrogens is 432 g/mol. The molecule has 2 aromatic heterocycles. The predicted octanol–water partition coefficient (Wildman–Crippen LogP) is 4.14. The molecule has 0 bridgehead atoms. The minimum atomic E-state index is -0.394. The van der Waals surface area contributed by atoms with Crippen LogP contribution in [0.1, 0.15) is 39.3 Å². The maximum absolute atomic E-state index is 12.5. The van der Waals surface area contributed by atoms with Crippen molar-refractivity contribution in [2.75, 3.05) is 7.11 Å². The predicted molar refractivity (Wildman–Crippen MR) is 126 cm³/mol. The van der Waals surface area contributed by atoms with E-state index in [2.05, 4.69) is 10.2 Å². The van der Waals surface area contributed by atoms with Gasteiger partial charge in [-0.3, -0.25) is 4.79 Å². The fourth-order valence-corrected chi connectivity index (χ4v) is 3.75. The Balaban J connectivity index is 1.38. The molecule has 174 valence electrons. The van der Waals surface area contributed by atoms with Crippen molar-refractivity contribution in [3.63, 3.8) is 0 Å². The highest BCUT2D eigenvalue weighted by molar-refractivity contribution is 5.89. The number of carbonyl (C=O) groups excluding carboxylic acids is 2. The average Bonchev–Trinajstić information content (AvgIpc) is 3.50. The summed E-state index contributed by atoms with van der Waals surface area (Å²) < 4.78 is 13.8. The van der Waals surface area contributed by atoms with Gasteiger partial charge < -0.3 is 9.47 Å². The Morgan fingerprint density at radius 2 is 1.68 bits per heavy atom. The van der Waals surface area contributed by atoms with Crippen molar-refractivity contribution in [2.24, 2.45) is 0 Å². The van der Waals surface area contributed by atoms with Crippen LogP contribution in [0.3, 0.4) is 0 Å². The molecule has 2 heterocycles. The van der Waals surface area contributed by atoms with E-state index >= 15 is 0 Å². The van der Waals surface area contributed by atoms with Gasteiger partial charge in [-0.2, -0.15) is 10.2 Å². The van der Waals surface area contributed by atoms with Gasteiger partial charge in [0.25, 0.3) is 0 Å². The second-order valence-corrected chi connectivity index (χ2v) is 7.88. The Morgan fingerprint density at radius 3 is 2.32 bits per heavy atom. The molecule has 0 atom stereocenters. The summed E-state index contributed by atoms with van der Waals surface area (Å²) >= 11 is 0. The summed E-state index contributed by atoms with van der Waals surface area (Å²) in [7, 11) is 1.39. The van der Waals surface area contributed by atoms with Gasteiger partial charge in [-0.25, -0.2) is 14.2 Å². The van der Waals surface area contributed by atoms with Gasteiger partial charge in [0, 0.05) is 24.5 Å². The lowest BCUT2D eigenvalue weighted by atomic mass is 10.1. The number of aryl methyl sites for hydroxylation is 1. The van der Waals surface area contributed by atoms with Gasteiger partial charge in [0.1, 0.15) is 6.61 Å². The van der Waals surface area contributed by atoms with Crippen molar-refractivity contribution in [1.82, 2.24) is 19.6 Å². The number of carbonyl (C=O) groups is 2. The second-order valence-electron chi connectivity index (χ2n) is 7.88. The number of ether oxygens (including phenoxy) is 2. The van der Waals surface area contributed by atoms with Crippen LogP contribution in [0.4, 0.5) is 0 Å². The number of esters is 2. The maximum atomic E-state index is 12.5. The SMILES string of the molecule is COC(=O)CCc1c(C)nn(-c2ccc(C(=O)OCc3ccc(-n4cccn4)cc3)cc2)c1C. The van der Waals surface area contributed by atoms with Crippen molar-refractivity contribution in [3.05, 3.63) is 95.1 Å². The molecule has 2 aromatic carbocycles. The third kappa shape index (κ3) is 5.06. The van der Waals surface area contributed by atoms with Crippen molar-refractivity contribution in [3.8, 4) is 11.4 Å². The van der Waals surface area contributed by atoms with Gasteiger partial charge >= 0.3 is 11.9 Å². The standard InChI is InChI=1S/C26H26N4O4/c1-18-24(13-14-25(31)33-3)19(2)30(28-18)23-11-7-21(8-12-23)26(32)34-17-20-5-9-22(10-6-20)29-16-4-15-27-29/h4-12,15-16H,13-14,17H2,1-3H3. The number of rotatable bonds is 8. The van der Waals surface area contributed by atoms with E-state index in [-0.39, 0.29) is 12.6 Å². The highest BCUT2D eigenvalue weighted by Gasteiger charge is 2.15. The van der Waals surface area contributed by atoms with Crippen molar-refractivity contribution >= 4 is 11.9 Å². The first kappa shape index (κ1) is 23.0. The molecule has 4 rings (SSSR count). The molecule has 0 N–H and O–H groups in total. The minimum Gasteiger partial charge on any atom is -0.469 e. The van der Waals surface area contributed by atoms with Crippen LogP contribution in [-0.2, 0) is 27.3 Å². The monoisotopic (exact) mass is 458 g/mol. The zero-order chi connectivity index (χ0) is 24.1. The van der Waals surface area contributed by atoms with E-state index in [1.165, 1.54) is 7.11 Å². The van der Waals surface area contributed by atoms with Crippen LogP contribution in [0.5, 0.6) is 0 Å². The van der Waals surface area contributed by atoms with Gasteiger partial charge in [0.05, 0.1) is 29.7 Å². The number of hydrogen-bond acceptors (Lipinski definition) is 6. The average molecular weight is 459 g/mol. The molecule has 0 fully saturated rings. The number of benzene rings is 2. The molecule has 0 amide bonds. The maximum Gasteiger partial charge on any atom is 0.338 e. The fraction of sp³-hybridized carbons (Fsp3) is 0.231. The van der Waals surface area contributed by atoms with Crippen LogP contribution in [0.15, 0.2) is 67.0 Å². The third-order valence-electron chi connectivity index (χ3n) is 5.67. The Bertz CT molecular complexity index is 1270. The molecule has 0 aliphatic rings. The molecule has 8 nitrogen and oxygen atoms in total. The number of hydrogen-bond donors (Lipinski definition) is 0. The van der Waals surface area contributed by atoms with E-state index in [0.717, 1.165) is 33.9 Å². The van der Waals surface area contributed by atoms with Crippen molar-refractivity contribution in [1.29, 1.82) is 0 Å². The summed E-state index contributed by atoms with van der Waals surface area (Å²) in [5, 5.41) is 8.80. The smallest absolute Gasteiger partial charge is 0.338 e. The zero-order valence-corrected chi connectivity index (χ0v) is 19.4. The highest BCUT2D eigenvalue weighted by Crippen LogP contribution is 2.20. The summed E-state index contributed by atoms with van der Waals surface area (Å²) in [6, 6.07) is 16.7. The van der Waals surface area contributed by atoms with Crippen molar-refractivity contribution < 1.29 is 19.1 Å². The van der Waals surface area contributed by atoms with E-state index in [1.807, 2.05) is 67.2 Å². The first-order valence-corrected chi connectivity index (χ1v) is 10.9. The molecule has 34 heavy (non-hydrogen) atoms. The molecule has 0 radical (unpaired) electrons. The Labute approximate surface area is 197 Å². The topological polar surface area (TPSA) is 88.2 Å². The van der Waals surface area contributed by atoms with Gasteiger partial charge in [0.15, 0.2) is 0 Å². The molecule has 0 aliphatic carbocycles. The first-order valence-electron chi connectivity index (χ1n) is 10.9. The molecule has 0 spiro atoms. The lowest BCUT2D eigenvalue weighted by molar-refractivity contribution is -0.140. The molecule has 0 unspecified atom stereocenters. The number of nitrogens with zero attached hydrogens (tertiary/aromatic N) is 4. The molecule has 0 saturated carbocycles. The summed E-state index contributed by atoms with van der Waals surface area (Å²) in [5.41, 5.74) is 5.96. The minimum absolute atomic E-state index is 0.182. The third-order valence-corrected chi connectivity index (χ3v) is 5.67. The van der Waals surface area contributed by atoms with E-state index < -0.39 is 5.97 Å². The summed E-state index contributed by atoms with van der Waals surface area (Å²) in [6.07, 6.45) is 4.46. The molecule has 0 aliphatic heterocycles. The molecule has 4 aromatic rings. The van der Waals surface area contributed by atoms with Crippen LogP contribution >= 0.6 is 0 Å². The molecular formula is C26H26N4O4. The normalized spacial score (nSPS) is 10.8. The zero-order valence-electron chi connectivity index (χ0n) is 19.4. The number of methoxy groups -OCH3 is 1. The van der Waals surface area contributed by atoms with Crippen LogP contribution in [0, 0.1) is 13.8 Å². The van der Waals surface area contributed by atoms with Crippen molar-refractivity contribution in [2.45, 2.75) is 33.3 Å². The van der Waals surface area contributed by atoms with Crippen LogP contribution < -0.4 is 0 Å².